The highest BCUT2D eigenvalue weighted by Gasteiger charge is 2.26. The number of rotatable bonds is 8. The molecule has 10 heteroatoms. The lowest BCUT2D eigenvalue weighted by molar-refractivity contribution is -0.127. The van der Waals surface area contributed by atoms with E-state index >= 15 is 0 Å². The van der Waals surface area contributed by atoms with Crippen LogP contribution in [0.15, 0.2) is 42.5 Å². The van der Waals surface area contributed by atoms with Crippen molar-refractivity contribution < 1.29 is 13.2 Å². The number of aryl methyl sites for hydroxylation is 1. The standard InChI is InChI=1S/C31H38Cl2N4O3S/c1-21-31(26-20-25(35-41(2,39)40)5-7-29(26)34-21)24-12-15-36(16-13-24)14-9-22-10-17-37(18-11-22)30(38)8-4-23-3-6-27(32)28(33)19-23/h3-8,19-20,22,24,34-35H,9-18H2,1-2H3/b8-4+. The van der Waals surface area contributed by atoms with E-state index < -0.39 is 10.0 Å². The van der Waals surface area contributed by atoms with E-state index in [9.17, 15) is 13.2 Å². The molecule has 1 amide bonds. The topological polar surface area (TPSA) is 85.5 Å². The van der Waals surface area contributed by atoms with E-state index in [1.54, 1.807) is 30.4 Å². The number of aromatic nitrogens is 1. The van der Waals surface area contributed by atoms with E-state index in [4.69, 9.17) is 23.2 Å². The summed E-state index contributed by atoms with van der Waals surface area (Å²) < 4.78 is 26.1. The van der Waals surface area contributed by atoms with Crippen LogP contribution in [-0.4, -0.2) is 68.1 Å². The number of aromatic amines is 1. The second kappa shape index (κ2) is 12.8. The lowest BCUT2D eigenvalue weighted by Crippen LogP contribution is -2.39. The molecule has 2 aliphatic heterocycles. The maximum absolute atomic E-state index is 12.7. The first-order chi connectivity index (χ1) is 19.6. The van der Waals surface area contributed by atoms with Crippen molar-refractivity contribution in [3.8, 4) is 0 Å². The highest BCUT2D eigenvalue weighted by atomic mass is 35.5. The fourth-order valence-corrected chi connectivity index (χ4v) is 7.15. The molecule has 7 nitrogen and oxygen atoms in total. The van der Waals surface area contributed by atoms with Gasteiger partial charge < -0.3 is 14.8 Å². The summed E-state index contributed by atoms with van der Waals surface area (Å²) in [5.74, 6) is 1.15. The molecule has 0 bridgehead atoms. The van der Waals surface area contributed by atoms with Crippen molar-refractivity contribution in [1.29, 1.82) is 0 Å². The van der Waals surface area contributed by atoms with Gasteiger partial charge in [-0.15, -0.1) is 0 Å². The zero-order chi connectivity index (χ0) is 29.1. The molecule has 0 unspecified atom stereocenters. The van der Waals surface area contributed by atoms with Gasteiger partial charge in [0.25, 0.3) is 0 Å². The Morgan fingerprint density at radius 1 is 1.02 bits per heavy atom. The molecule has 3 heterocycles. The third kappa shape index (κ3) is 7.66. The predicted molar refractivity (Wildman–Crippen MR) is 169 cm³/mol. The number of hydrogen-bond donors (Lipinski definition) is 2. The van der Waals surface area contributed by atoms with E-state index in [0.29, 0.717) is 27.6 Å². The number of nitrogens with one attached hydrogen (secondary N) is 2. The van der Waals surface area contributed by atoms with Gasteiger partial charge in [-0.25, -0.2) is 8.42 Å². The van der Waals surface area contributed by atoms with Crippen LogP contribution in [0.1, 0.15) is 54.8 Å². The normalized spacial score (nSPS) is 18.0. The van der Waals surface area contributed by atoms with E-state index in [1.807, 2.05) is 23.1 Å². The van der Waals surface area contributed by atoms with Gasteiger partial charge in [-0.05, 0) is 118 Å². The van der Waals surface area contributed by atoms with Crippen LogP contribution in [0.2, 0.25) is 10.0 Å². The van der Waals surface area contributed by atoms with Gasteiger partial charge in [-0.2, -0.15) is 0 Å². The van der Waals surface area contributed by atoms with Crippen molar-refractivity contribution in [2.45, 2.75) is 44.9 Å². The van der Waals surface area contributed by atoms with Gasteiger partial charge in [0, 0.05) is 41.4 Å². The number of carbonyl (C=O) groups excluding carboxylic acids is 1. The Kier molecular flexibility index (Phi) is 9.33. The Morgan fingerprint density at radius 3 is 2.44 bits per heavy atom. The lowest BCUT2D eigenvalue weighted by Gasteiger charge is -2.35. The molecule has 2 saturated heterocycles. The number of likely N-dealkylation sites (tertiary alicyclic amines) is 2. The number of nitrogens with zero attached hydrogens (tertiary/aromatic N) is 2. The van der Waals surface area contributed by atoms with E-state index in [-0.39, 0.29) is 5.91 Å². The van der Waals surface area contributed by atoms with Crippen LogP contribution in [0.5, 0.6) is 0 Å². The van der Waals surface area contributed by atoms with Gasteiger partial charge in [-0.1, -0.05) is 29.3 Å². The molecule has 0 saturated carbocycles. The summed E-state index contributed by atoms with van der Waals surface area (Å²) in [6.07, 6.45) is 10.0. The minimum Gasteiger partial charge on any atom is -0.358 e. The number of carbonyl (C=O) groups is 1. The predicted octanol–water partition coefficient (Wildman–Crippen LogP) is 6.68. The van der Waals surface area contributed by atoms with Crippen LogP contribution < -0.4 is 4.72 Å². The molecule has 220 valence electrons. The van der Waals surface area contributed by atoms with Gasteiger partial charge in [0.15, 0.2) is 0 Å². The molecule has 2 aromatic carbocycles. The first-order valence-electron chi connectivity index (χ1n) is 14.3. The highest BCUT2D eigenvalue weighted by Crippen LogP contribution is 2.37. The van der Waals surface area contributed by atoms with Crippen LogP contribution >= 0.6 is 23.2 Å². The van der Waals surface area contributed by atoms with Gasteiger partial charge in [0.05, 0.1) is 16.3 Å². The molecule has 0 radical (unpaired) electrons. The largest absolute Gasteiger partial charge is 0.358 e. The lowest BCUT2D eigenvalue weighted by atomic mass is 9.87. The van der Waals surface area contributed by atoms with Crippen LogP contribution in [0, 0.1) is 12.8 Å². The fourth-order valence-electron chi connectivity index (χ4n) is 6.29. The molecule has 0 spiro atoms. The van der Waals surface area contributed by atoms with Crippen molar-refractivity contribution in [3.63, 3.8) is 0 Å². The molecule has 2 aliphatic rings. The summed E-state index contributed by atoms with van der Waals surface area (Å²) in [7, 11) is -3.32. The van der Waals surface area contributed by atoms with Gasteiger partial charge in [0.2, 0.25) is 15.9 Å². The van der Waals surface area contributed by atoms with Gasteiger partial charge in [0.1, 0.15) is 0 Å². The maximum atomic E-state index is 12.7. The first-order valence-corrected chi connectivity index (χ1v) is 16.9. The molecule has 5 rings (SSSR count). The molecule has 2 N–H and O–H groups in total. The van der Waals surface area contributed by atoms with Crippen LogP contribution in [0.25, 0.3) is 17.0 Å². The number of H-pyrrole nitrogens is 1. The molecule has 0 atom stereocenters. The Labute approximate surface area is 252 Å². The highest BCUT2D eigenvalue weighted by molar-refractivity contribution is 7.92. The zero-order valence-corrected chi connectivity index (χ0v) is 26.0. The molecular formula is C31H38Cl2N4O3S. The Bertz CT molecular complexity index is 1540. The number of anilines is 1. The van der Waals surface area contributed by atoms with E-state index in [1.165, 1.54) is 23.9 Å². The quantitative estimate of drug-likeness (QED) is 0.277. The second-order valence-corrected chi connectivity index (χ2v) is 14.0. The summed E-state index contributed by atoms with van der Waals surface area (Å²) in [6, 6.07) is 11.1. The summed E-state index contributed by atoms with van der Waals surface area (Å²) >= 11 is 12.0. The van der Waals surface area contributed by atoms with E-state index in [2.05, 4.69) is 21.5 Å². The number of hydrogen-bond acceptors (Lipinski definition) is 4. The number of benzene rings is 2. The van der Waals surface area contributed by atoms with E-state index in [0.717, 1.165) is 74.9 Å². The fraction of sp³-hybridized carbons (Fsp3) is 0.452. The molecular weight excluding hydrogens is 579 g/mol. The second-order valence-electron chi connectivity index (χ2n) is 11.5. The van der Waals surface area contributed by atoms with Crippen molar-refractivity contribution in [2.24, 2.45) is 5.92 Å². The van der Waals surface area contributed by atoms with Crippen LogP contribution in [-0.2, 0) is 14.8 Å². The molecule has 0 aliphatic carbocycles. The summed E-state index contributed by atoms with van der Waals surface area (Å²) in [4.78, 5) is 20.7. The number of piperidine rings is 2. The summed E-state index contributed by atoms with van der Waals surface area (Å²) in [5, 5.41) is 2.10. The van der Waals surface area contributed by atoms with Crippen molar-refractivity contribution in [2.75, 3.05) is 43.7 Å². The van der Waals surface area contributed by atoms with Crippen molar-refractivity contribution >= 4 is 61.8 Å². The maximum Gasteiger partial charge on any atom is 0.246 e. The van der Waals surface area contributed by atoms with Gasteiger partial charge in [-0.3, -0.25) is 9.52 Å². The zero-order valence-electron chi connectivity index (χ0n) is 23.6. The van der Waals surface area contributed by atoms with Crippen LogP contribution in [0.4, 0.5) is 5.69 Å². The SMILES string of the molecule is Cc1[nH]c2ccc(NS(C)(=O)=O)cc2c1C1CCN(CCC2CCN(C(=O)/C=C/c3ccc(Cl)c(Cl)c3)CC2)CC1. The molecule has 1 aromatic heterocycles. The average Bonchev–Trinajstić information content (AvgIpc) is 3.27. The molecule has 3 aromatic rings. The van der Waals surface area contributed by atoms with Crippen LogP contribution in [0.3, 0.4) is 0 Å². The Balaban J connectivity index is 1.08. The average molecular weight is 618 g/mol. The smallest absolute Gasteiger partial charge is 0.246 e. The minimum absolute atomic E-state index is 0.0448. The number of amides is 1. The number of halogens is 2. The monoisotopic (exact) mass is 616 g/mol. The molecule has 41 heavy (non-hydrogen) atoms. The summed E-state index contributed by atoms with van der Waals surface area (Å²) in [5.41, 5.74) is 5.01. The Hall–Kier alpha value is -2.52. The Morgan fingerprint density at radius 2 is 1.76 bits per heavy atom. The van der Waals surface area contributed by atoms with Crippen molar-refractivity contribution in [3.05, 3.63) is 69.3 Å². The first kappa shape index (κ1) is 30.0. The third-order valence-corrected chi connectivity index (χ3v) is 9.82. The van der Waals surface area contributed by atoms with Gasteiger partial charge >= 0.3 is 0 Å². The minimum atomic E-state index is -3.32. The number of sulfonamides is 1. The summed E-state index contributed by atoms with van der Waals surface area (Å²) in [6.45, 7) is 6.94. The number of fused-ring (bicyclic) bond motifs is 1. The molecule has 2 fully saturated rings. The third-order valence-electron chi connectivity index (χ3n) is 8.48. The van der Waals surface area contributed by atoms with Crippen molar-refractivity contribution in [1.82, 2.24) is 14.8 Å².